The van der Waals surface area contributed by atoms with Gasteiger partial charge in [0, 0.05) is 0 Å². The van der Waals surface area contributed by atoms with Crippen LogP contribution in [0.15, 0.2) is 0 Å². The van der Waals surface area contributed by atoms with Crippen LogP contribution in [0.5, 0.6) is 0 Å². The fourth-order valence-electron chi connectivity index (χ4n) is 1.31. The summed E-state index contributed by atoms with van der Waals surface area (Å²) >= 11 is 0. The Balaban J connectivity index is 0. The second kappa shape index (κ2) is 13.9. The molecule has 1 N–H and O–H groups in total. The zero-order chi connectivity index (χ0) is 9.82. The molecular weight excluding hydrogens is 174 g/mol. The lowest BCUT2D eigenvalue weighted by molar-refractivity contribution is 0.385. The molecule has 1 aliphatic rings. The first-order chi connectivity index (χ1) is 5.81. The maximum atomic E-state index is 10.3. The van der Waals surface area contributed by atoms with Crippen molar-refractivity contribution in [3.8, 4) is 0 Å². The van der Waals surface area contributed by atoms with Gasteiger partial charge in [-0.2, -0.15) is 0 Å². The molecule has 0 spiro atoms. The molecule has 0 aromatic heterocycles. The van der Waals surface area contributed by atoms with E-state index in [1.165, 1.54) is 48.5 Å². The minimum atomic E-state index is -0.250. The van der Waals surface area contributed by atoms with E-state index in [2.05, 4.69) is 6.92 Å². The highest BCUT2D eigenvalue weighted by atomic mass is 31.0. The third kappa shape index (κ3) is 12.9. The lowest BCUT2D eigenvalue weighted by atomic mass is 9.91. The minimum Gasteiger partial charge on any atom is -0.380 e. The summed E-state index contributed by atoms with van der Waals surface area (Å²) in [5.41, 5.74) is 0. The number of alkyl halides is 1. The quantitative estimate of drug-likeness (QED) is 0.589. The summed E-state index contributed by atoms with van der Waals surface area (Å²) < 4.78 is 10.3. The van der Waals surface area contributed by atoms with E-state index in [0.717, 1.165) is 5.92 Å². The first-order valence-corrected chi connectivity index (χ1v) is 5.14. The van der Waals surface area contributed by atoms with Crippen molar-refractivity contribution in [2.24, 2.45) is 5.92 Å². The van der Waals surface area contributed by atoms with Gasteiger partial charge >= 0.3 is 0 Å². The van der Waals surface area contributed by atoms with E-state index in [-0.39, 0.29) is 6.67 Å². The van der Waals surface area contributed by atoms with Crippen molar-refractivity contribution in [2.45, 2.75) is 46.0 Å². The van der Waals surface area contributed by atoms with Gasteiger partial charge in [-0.3, -0.25) is 4.39 Å². The van der Waals surface area contributed by atoms with Crippen molar-refractivity contribution < 1.29 is 9.28 Å². The van der Waals surface area contributed by atoms with Gasteiger partial charge in [0.2, 0.25) is 0 Å². The standard InChI is InChI=1S/C7H14.C2H5F.H3OP/c1-7-5-3-2-4-6-7;1-2-3;1-2/h7H,2-6H2,1H3;2H2,1H3;1H,2H2. The Kier molecular flexibility index (Phi) is 17.1. The molecule has 76 valence electrons. The molecule has 1 saturated carbocycles. The Bertz CT molecular complexity index is 65.5. The molecule has 0 saturated heterocycles. The van der Waals surface area contributed by atoms with Crippen molar-refractivity contribution in [3.63, 3.8) is 0 Å². The summed E-state index contributed by atoms with van der Waals surface area (Å²) in [6.07, 6.45) is 7.44. The fourth-order valence-corrected chi connectivity index (χ4v) is 1.31. The molecule has 12 heavy (non-hydrogen) atoms. The monoisotopic (exact) mass is 196 g/mol. The van der Waals surface area contributed by atoms with Crippen LogP contribution in [-0.2, 0) is 0 Å². The Morgan fingerprint density at radius 1 is 1.25 bits per heavy atom. The normalized spacial score (nSPS) is 16.8. The Morgan fingerprint density at radius 3 is 1.75 bits per heavy atom. The van der Waals surface area contributed by atoms with Crippen LogP contribution in [-0.4, -0.2) is 11.6 Å². The number of hydrogen-bond donors (Lipinski definition) is 1. The van der Waals surface area contributed by atoms with Crippen LogP contribution in [0.4, 0.5) is 4.39 Å². The molecular formula is C9H22FOP. The summed E-state index contributed by atoms with van der Waals surface area (Å²) in [5.74, 6) is 1.04. The molecule has 0 heterocycles. The maximum absolute atomic E-state index is 10.3. The van der Waals surface area contributed by atoms with E-state index in [1.807, 2.05) is 0 Å². The third-order valence-electron chi connectivity index (χ3n) is 1.89. The highest BCUT2D eigenvalue weighted by molar-refractivity contribution is 7.08. The first kappa shape index (κ1) is 14.8. The van der Waals surface area contributed by atoms with Gasteiger partial charge in [-0.05, 0) is 22.3 Å². The Morgan fingerprint density at radius 2 is 1.58 bits per heavy atom. The molecule has 1 atom stereocenters. The predicted molar refractivity (Wildman–Crippen MR) is 55.8 cm³/mol. The van der Waals surface area contributed by atoms with Gasteiger partial charge in [-0.1, -0.05) is 39.0 Å². The van der Waals surface area contributed by atoms with Gasteiger partial charge in [0.05, 0.1) is 6.67 Å². The summed E-state index contributed by atoms with van der Waals surface area (Å²) in [5, 5.41) is 0. The van der Waals surface area contributed by atoms with E-state index in [0.29, 0.717) is 0 Å². The number of halogens is 1. The average Bonchev–Trinajstić information content (AvgIpc) is 2.11. The first-order valence-electron chi connectivity index (χ1n) is 4.63. The molecule has 0 radical (unpaired) electrons. The summed E-state index contributed by atoms with van der Waals surface area (Å²) in [4.78, 5) is 6.92. The topological polar surface area (TPSA) is 20.2 Å². The fraction of sp³-hybridized carbons (Fsp3) is 1.00. The van der Waals surface area contributed by atoms with Crippen LogP contribution >= 0.6 is 9.47 Å². The van der Waals surface area contributed by atoms with Crippen LogP contribution in [0.1, 0.15) is 46.0 Å². The van der Waals surface area contributed by atoms with Crippen LogP contribution in [0.25, 0.3) is 0 Å². The molecule has 1 rings (SSSR count). The smallest absolute Gasteiger partial charge is 0.0866 e. The minimum absolute atomic E-state index is 0.250. The summed E-state index contributed by atoms with van der Waals surface area (Å²) in [6.45, 7) is 3.57. The van der Waals surface area contributed by atoms with Gasteiger partial charge in [0.15, 0.2) is 0 Å². The Hall–Kier alpha value is 0.320. The van der Waals surface area contributed by atoms with Crippen molar-refractivity contribution in [3.05, 3.63) is 0 Å². The maximum Gasteiger partial charge on any atom is 0.0866 e. The van der Waals surface area contributed by atoms with E-state index < -0.39 is 0 Å². The average molecular weight is 196 g/mol. The van der Waals surface area contributed by atoms with Gasteiger partial charge in [-0.25, -0.2) is 0 Å². The number of rotatable bonds is 0. The zero-order valence-corrected chi connectivity index (χ0v) is 9.38. The van der Waals surface area contributed by atoms with Gasteiger partial charge in [0.25, 0.3) is 0 Å². The van der Waals surface area contributed by atoms with Crippen LogP contribution in [0, 0.1) is 5.92 Å². The predicted octanol–water partition coefficient (Wildman–Crippen LogP) is 3.33. The van der Waals surface area contributed by atoms with Crippen molar-refractivity contribution in [1.82, 2.24) is 0 Å². The van der Waals surface area contributed by atoms with E-state index in [4.69, 9.17) is 4.89 Å². The lowest BCUT2D eigenvalue weighted by Crippen LogP contribution is -1.99. The lowest BCUT2D eigenvalue weighted by Gasteiger charge is -2.15. The van der Waals surface area contributed by atoms with Crippen molar-refractivity contribution >= 4 is 9.47 Å². The van der Waals surface area contributed by atoms with Crippen molar-refractivity contribution in [2.75, 3.05) is 6.67 Å². The third-order valence-corrected chi connectivity index (χ3v) is 1.89. The molecule has 0 aliphatic heterocycles. The molecule has 1 unspecified atom stereocenters. The molecule has 0 amide bonds. The molecule has 0 bridgehead atoms. The van der Waals surface area contributed by atoms with E-state index in [9.17, 15) is 4.39 Å². The second-order valence-corrected chi connectivity index (χ2v) is 3.01. The SMILES string of the molecule is CC1CCCCC1.CCF.OP. The van der Waals surface area contributed by atoms with Crippen LogP contribution in [0.3, 0.4) is 0 Å². The second-order valence-electron chi connectivity index (χ2n) is 3.01. The molecule has 1 fully saturated rings. The van der Waals surface area contributed by atoms with Gasteiger partial charge < -0.3 is 4.89 Å². The van der Waals surface area contributed by atoms with Crippen LogP contribution < -0.4 is 0 Å². The van der Waals surface area contributed by atoms with Gasteiger partial charge in [-0.15, -0.1) is 0 Å². The molecule has 3 heteroatoms. The summed E-state index contributed by atoms with van der Waals surface area (Å²) in [6, 6.07) is 0. The number of hydrogen-bond acceptors (Lipinski definition) is 1. The Labute approximate surface area is 78.0 Å². The highest BCUT2D eigenvalue weighted by Gasteiger charge is 2.05. The summed E-state index contributed by atoms with van der Waals surface area (Å²) in [7, 11) is 1.42. The molecule has 1 nitrogen and oxygen atoms in total. The van der Waals surface area contributed by atoms with Crippen molar-refractivity contribution in [1.29, 1.82) is 0 Å². The molecule has 0 aromatic carbocycles. The highest BCUT2D eigenvalue weighted by Crippen LogP contribution is 2.21. The van der Waals surface area contributed by atoms with Crippen LogP contribution in [0.2, 0.25) is 0 Å². The van der Waals surface area contributed by atoms with E-state index in [1.54, 1.807) is 0 Å². The van der Waals surface area contributed by atoms with E-state index >= 15 is 0 Å². The molecule has 1 aliphatic carbocycles. The largest absolute Gasteiger partial charge is 0.380 e. The van der Waals surface area contributed by atoms with Gasteiger partial charge in [0.1, 0.15) is 0 Å². The molecule has 0 aromatic rings. The zero-order valence-electron chi connectivity index (χ0n) is 8.22.